The van der Waals surface area contributed by atoms with Crippen molar-refractivity contribution in [2.75, 3.05) is 13.4 Å². The van der Waals surface area contributed by atoms with E-state index in [1.807, 2.05) is 52.8 Å². The van der Waals surface area contributed by atoms with Gasteiger partial charge in [0.05, 0.1) is 6.54 Å². The Kier molecular flexibility index (Phi) is 4.19. The summed E-state index contributed by atoms with van der Waals surface area (Å²) in [6.45, 7) is 10.5. The molecular formula is C23H25N3O5. The first-order chi connectivity index (χ1) is 14.8. The maximum atomic E-state index is 13.9. The Morgan fingerprint density at radius 3 is 2.48 bits per heavy atom. The number of likely N-dealkylation sites (tertiary alicyclic amines) is 1. The van der Waals surface area contributed by atoms with Gasteiger partial charge in [-0.2, -0.15) is 4.98 Å². The molecule has 1 fully saturated rings. The summed E-state index contributed by atoms with van der Waals surface area (Å²) in [6, 6.07) is 3.68. The van der Waals surface area contributed by atoms with E-state index in [2.05, 4.69) is 10.1 Å². The summed E-state index contributed by atoms with van der Waals surface area (Å²) in [5.41, 5.74) is 1.31. The molecule has 0 radical (unpaired) electrons. The van der Waals surface area contributed by atoms with E-state index in [0.717, 1.165) is 16.8 Å². The van der Waals surface area contributed by atoms with Crippen LogP contribution >= 0.6 is 0 Å². The van der Waals surface area contributed by atoms with Gasteiger partial charge in [-0.3, -0.25) is 4.79 Å². The van der Waals surface area contributed by atoms with E-state index in [1.165, 1.54) is 0 Å². The van der Waals surface area contributed by atoms with Crippen LogP contribution in [0.15, 0.2) is 40.1 Å². The lowest BCUT2D eigenvalue weighted by molar-refractivity contribution is -0.132. The van der Waals surface area contributed by atoms with Crippen molar-refractivity contribution in [2.24, 2.45) is 0 Å². The molecule has 1 aromatic heterocycles. The van der Waals surface area contributed by atoms with Crippen molar-refractivity contribution < 1.29 is 23.5 Å². The number of carbonyl (C=O) groups excluding carboxylic acids is 1. The zero-order chi connectivity index (χ0) is 22.0. The van der Waals surface area contributed by atoms with Gasteiger partial charge in [0, 0.05) is 22.7 Å². The second-order valence-electron chi connectivity index (χ2n) is 8.93. The highest BCUT2D eigenvalue weighted by atomic mass is 16.7. The number of nitrogens with zero attached hydrogens (tertiary/aromatic N) is 3. The van der Waals surface area contributed by atoms with Crippen LogP contribution in [-0.4, -0.2) is 34.3 Å². The molecule has 0 bridgehead atoms. The molecule has 0 aliphatic carbocycles. The van der Waals surface area contributed by atoms with Crippen molar-refractivity contribution in [1.82, 2.24) is 15.0 Å². The van der Waals surface area contributed by atoms with Crippen LogP contribution in [0.4, 0.5) is 0 Å². The highest BCUT2D eigenvalue weighted by Crippen LogP contribution is 2.55. The van der Waals surface area contributed by atoms with Gasteiger partial charge in [-0.05, 0) is 25.5 Å². The van der Waals surface area contributed by atoms with Crippen molar-refractivity contribution in [2.45, 2.75) is 52.0 Å². The number of ether oxygens (including phenoxy) is 3. The fourth-order valence-corrected chi connectivity index (χ4v) is 4.49. The molecule has 31 heavy (non-hydrogen) atoms. The standard InChI is InChI=1S/C23H25N3O5/c1-6-13-15(7-2)26(10-19-24-20(31-25-19)22(3,4)5)21(27)23(13)11-28-16-9-18-17(8-14(16)23)29-12-30-18/h6-9H,10-12H2,1-5H3. The van der Waals surface area contributed by atoms with Gasteiger partial charge in [0.15, 0.2) is 17.3 Å². The SMILES string of the molecule is CC=C1C(=CC)C2(COc3cc4c(cc32)OCO4)C(=O)N1Cc1noc(C(C)(C)C)n1. The predicted octanol–water partition coefficient (Wildman–Crippen LogP) is 3.62. The van der Waals surface area contributed by atoms with E-state index in [0.29, 0.717) is 29.0 Å². The number of hydrogen-bond acceptors (Lipinski definition) is 7. The van der Waals surface area contributed by atoms with E-state index < -0.39 is 5.41 Å². The smallest absolute Gasteiger partial charge is 0.246 e. The topological polar surface area (TPSA) is 86.9 Å². The monoisotopic (exact) mass is 423 g/mol. The Bertz CT molecular complexity index is 1140. The Balaban J connectivity index is 1.57. The molecule has 8 nitrogen and oxygen atoms in total. The fraction of sp³-hybridized carbons (Fsp3) is 0.435. The third-order valence-corrected chi connectivity index (χ3v) is 5.99. The lowest BCUT2D eigenvalue weighted by Crippen LogP contribution is -2.39. The summed E-state index contributed by atoms with van der Waals surface area (Å²) < 4.78 is 22.5. The maximum absolute atomic E-state index is 13.9. The molecule has 1 amide bonds. The minimum atomic E-state index is -0.941. The lowest BCUT2D eigenvalue weighted by atomic mass is 9.76. The van der Waals surface area contributed by atoms with Gasteiger partial charge in [0.1, 0.15) is 17.8 Å². The van der Waals surface area contributed by atoms with Crippen LogP contribution in [0.3, 0.4) is 0 Å². The summed E-state index contributed by atoms with van der Waals surface area (Å²) >= 11 is 0. The lowest BCUT2D eigenvalue weighted by Gasteiger charge is -2.21. The predicted molar refractivity (Wildman–Crippen MR) is 111 cm³/mol. The molecule has 1 spiro atoms. The van der Waals surface area contributed by atoms with Gasteiger partial charge in [0.25, 0.3) is 0 Å². The molecule has 1 aromatic carbocycles. The molecule has 3 aliphatic heterocycles. The summed E-state index contributed by atoms with van der Waals surface area (Å²) in [5, 5.41) is 4.11. The van der Waals surface area contributed by atoms with Gasteiger partial charge < -0.3 is 23.6 Å². The molecule has 162 valence electrons. The van der Waals surface area contributed by atoms with E-state index in [4.69, 9.17) is 18.7 Å². The first-order valence-electron chi connectivity index (χ1n) is 10.3. The maximum Gasteiger partial charge on any atom is 0.246 e. The second kappa shape index (κ2) is 6.60. The summed E-state index contributed by atoms with van der Waals surface area (Å²) in [7, 11) is 0. The zero-order valence-electron chi connectivity index (χ0n) is 18.3. The van der Waals surface area contributed by atoms with Gasteiger partial charge >= 0.3 is 0 Å². The Morgan fingerprint density at radius 2 is 1.84 bits per heavy atom. The number of allylic oxidation sites excluding steroid dienone is 3. The van der Waals surface area contributed by atoms with Crippen LogP contribution in [0.2, 0.25) is 0 Å². The summed E-state index contributed by atoms with van der Waals surface area (Å²) in [4.78, 5) is 20.2. The number of benzene rings is 1. The van der Waals surface area contributed by atoms with Gasteiger partial charge in [0.2, 0.25) is 18.6 Å². The number of aromatic nitrogens is 2. The van der Waals surface area contributed by atoms with E-state index in [9.17, 15) is 4.79 Å². The average Bonchev–Trinajstić information content (AvgIpc) is 3.49. The van der Waals surface area contributed by atoms with Crippen LogP contribution in [0.25, 0.3) is 0 Å². The number of rotatable bonds is 2. The molecule has 1 atom stereocenters. The summed E-state index contributed by atoms with van der Waals surface area (Å²) in [5.74, 6) is 2.83. The van der Waals surface area contributed by atoms with Crippen molar-refractivity contribution in [3.05, 3.63) is 52.8 Å². The molecule has 3 aliphatic rings. The van der Waals surface area contributed by atoms with Crippen LogP contribution in [-0.2, 0) is 22.2 Å². The molecule has 1 unspecified atom stereocenters. The van der Waals surface area contributed by atoms with E-state index in [-0.39, 0.29) is 31.3 Å². The summed E-state index contributed by atoms with van der Waals surface area (Å²) in [6.07, 6.45) is 3.92. The molecule has 2 aromatic rings. The van der Waals surface area contributed by atoms with E-state index >= 15 is 0 Å². The number of amides is 1. The number of fused-ring (bicyclic) bond motifs is 3. The second-order valence-corrected chi connectivity index (χ2v) is 8.93. The largest absolute Gasteiger partial charge is 0.491 e. The van der Waals surface area contributed by atoms with Gasteiger partial charge in [-0.1, -0.05) is 38.1 Å². The van der Waals surface area contributed by atoms with E-state index in [1.54, 1.807) is 11.0 Å². The minimum Gasteiger partial charge on any atom is -0.491 e. The van der Waals surface area contributed by atoms with Crippen LogP contribution in [0.1, 0.15) is 51.9 Å². The Morgan fingerprint density at radius 1 is 1.10 bits per heavy atom. The van der Waals surface area contributed by atoms with Crippen molar-refractivity contribution in [3.8, 4) is 17.2 Å². The number of hydrogen-bond donors (Lipinski definition) is 0. The normalized spacial score (nSPS) is 24.5. The van der Waals surface area contributed by atoms with Crippen molar-refractivity contribution in [1.29, 1.82) is 0 Å². The molecule has 5 rings (SSSR count). The molecule has 1 saturated heterocycles. The van der Waals surface area contributed by atoms with Crippen LogP contribution in [0, 0.1) is 0 Å². The average molecular weight is 423 g/mol. The Labute approximate surface area is 180 Å². The molecule has 0 N–H and O–H groups in total. The number of carbonyl (C=O) groups is 1. The first-order valence-corrected chi connectivity index (χ1v) is 10.3. The van der Waals surface area contributed by atoms with Gasteiger partial charge in [-0.25, -0.2) is 0 Å². The third-order valence-electron chi connectivity index (χ3n) is 5.99. The third kappa shape index (κ3) is 2.70. The molecule has 8 heteroatoms. The fourth-order valence-electron chi connectivity index (χ4n) is 4.49. The molecule has 0 saturated carbocycles. The highest BCUT2D eigenvalue weighted by Gasteiger charge is 2.59. The van der Waals surface area contributed by atoms with Crippen LogP contribution in [0.5, 0.6) is 17.2 Å². The quantitative estimate of drug-likeness (QED) is 0.729. The zero-order valence-corrected chi connectivity index (χ0v) is 18.3. The van der Waals surface area contributed by atoms with Crippen molar-refractivity contribution >= 4 is 5.91 Å². The Hall–Kier alpha value is -3.29. The van der Waals surface area contributed by atoms with Crippen molar-refractivity contribution in [3.63, 3.8) is 0 Å². The first kappa shape index (κ1) is 19.7. The molecule has 4 heterocycles. The van der Waals surface area contributed by atoms with Crippen LogP contribution < -0.4 is 14.2 Å². The minimum absolute atomic E-state index is 0.0755. The molecular weight excluding hydrogens is 398 g/mol. The van der Waals surface area contributed by atoms with Gasteiger partial charge in [-0.15, -0.1) is 0 Å². The highest BCUT2D eigenvalue weighted by molar-refractivity contribution is 6.01.